The molecule has 0 spiro atoms. The minimum absolute atomic E-state index is 0.0185. The van der Waals surface area contributed by atoms with E-state index in [0.29, 0.717) is 11.2 Å². The van der Waals surface area contributed by atoms with Gasteiger partial charge in [0, 0.05) is 23.6 Å². The van der Waals surface area contributed by atoms with Crippen LogP contribution in [0.5, 0.6) is 5.75 Å². The van der Waals surface area contributed by atoms with Gasteiger partial charge in [0.25, 0.3) is 0 Å². The number of anilines is 1. The molecule has 1 saturated heterocycles. The Balaban J connectivity index is 1.67. The third-order valence-electron chi connectivity index (χ3n) is 6.97. The molecule has 3 aromatic rings. The molecule has 0 unspecified atom stereocenters. The molecule has 3 heterocycles. The van der Waals surface area contributed by atoms with Crippen molar-refractivity contribution in [3.63, 3.8) is 0 Å². The molecule has 2 aromatic heterocycles. The van der Waals surface area contributed by atoms with E-state index in [-0.39, 0.29) is 12.1 Å². The third-order valence-corrected chi connectivity index (χ3v) is 7.29. The summed E-state index contributed by atoms with van der Waals surface area (Å²) in [6.07, 6.45) is 7.00. The van der Waals surface area contributed by atoms with Gasteiger partial charge in [-0.05, 0) is 74.8 Å². The first-order chi connectivity index (χ1) is 15.6. The summed E-state index contributed by atoms with van der Waals surface area (Å²) in [4.78, 5) is 6.91. The van der Waals surface area contributed by atoms with Gasteiger partial charge < -0.3 is 19.5 Å². The molecule has 2 fully saturated rings. The van der Waals surface area contributed by atoms with Crippen molar-refractivity contribution in [1.82, 2.24) is 14.9 Å². The van der Waals surface area contributed by atoms with Crippen molar-refractivity contribution in [3.8, 4) is 5.75 Å². The molecule has 1 aliphatic carbocycles. The van der Waals surface area contributed by atoms with Gasteiger partial charge in [-0.25, -0.2) is 0 Å². The Morgan fingerprint density at radius 1 is 1.06 bits per heavy atom. The van der Waals surface area contributed by atoms with E-state index in [1.54, 1.807) is 7.11 Å². The zero-order valence-electron chi connectivity index (χ0n) is 18.9. The van der Waals surface area contributed by atoms with Crippen molar-refractivity contribution in [2.45, 2.75) is 57.7 Å². The molecule has 166 valence electrons. The van der Waals surface area contributed by atoms with Crippen LogP contribution in [0.15, 0.2) is 54.7 Å². The smallest absolute Gasteiger partial charge is 0.174 e. The quantitative estimate of drug-likeness (QED) is 0.502. The van der Waals surface area contributed by atoms with Gasteiger partial charge >= 0.3 is 0 Å². The first-order valence-electron chi connectivity index (χ1n) is 11.4. The molecule has 32 heavy (non-hydrogen) atoms. The summed E-state index contributed by atoms with van der Waals surface area (Å²) in [6, 6.07) is 17.1. The molecule has 2 atom stereocenters. The summed E-state index contributed by atoms with van der Waals surface area (Å²) in [5.41, 5.74) is 5.90. The Kier molecular flexibility index (Phi) is 5.64. The number of hydrogen-bond acceptors (Lipinski definition) is 3. The van der Waals surface area contributed by atoms with Crippen LogP contribution in [0.2, 0.25) is 0 Å². The lowest BCUT2D eigenvalue weighted by molar-refractivity contribution is 0.414. The van der Waals surface area contributed by atoms with Gasteiger partial charge in [-0.3, -0.25) is 4.98 Å². The lowest BCUT2D eigenvalue weighted by Gasteiger charge is -2.29. The van der Waals surface area contributed by atoms with E-state index in [4.69, 9.17) is 21.9 Å². The van der Waals surface area contributed by atoms with Crippen molar-refractivity contribution >= 4 is 23.0 Å². The second-order valence-corrected chi connectivity index (χ2v) is 9.19. The predicted octanol–water partition coefficient (Wildman–Crippen LogP) is 5.80. The molecular weight excluding hydrogens is 416 g/mol. The third kappa shape index (κ3) is 3.47. The van der Waals surface area contributed by atoms with Crippen LogP contribution in [0, 0.1) is 13.8 Å². The Morgan fingerprint density at radius 3 is 2.53 bits per heavy atom. The Labute approximate surface area is 195 Å². The number of methoxy groups -OCH3 is 1. The Bertz CT molecular complexity index is 1120. The maximum Gasteiger partial charge on any atom is 0.174 e. The number of pyridine rings is 1. The Morgan fingerprint density at radius 2 is 1.81 bits per heavy atom. The number of ether oxygens (including phenoxy) is 1. The van der Waals surface area contributed by atoms with Crippen molar-refractivity contribution in [2.75, 3.05) is 12.0 Å². The van der Waals surface area contributed by atoms with Gasteiger partial charge in [-0.15, -0.1) is 0 Å². The van der Waals surface area contributed by atoms with E-state index >= 15 is 0 Å². The molecule has 1 aromatic carbocycles. The SMILES string of the molecule is COc1ccccc1N1C(=S)N[C@H](c2ccccn2)[C@H]1c1cc(C)n(C2CCCC2)c1C. The van der Waals surface area contributed by atoms with Crippen LogP contribution in [0.1, 0.15) is 66.5 Å². The van der Waals surface area contributed by atoms with Crippen LogP contribution >= 0.6 is 12.2 Å². The van der Waals surface area contributed by atoms with E-state index in [2.05, 4.69) is 46.8 Å². The topological polar surface area (TPSA) is 42.3 Å². The van der Waals surface area contributed by atoms with Crippen LogP contribution < -0.4 is 15.0 Å². The first kappa shape index (κ1) is 21.0. The van der Waals surface area contributed by atoms with Gasteiger partial charge in [-0.1, -0.05) is 31.0 Å². The number of nitrogens with one attached hydrogen (secondary N) is 1. The summed E-state index contributed by atoms with van der Waals surface area (Å²) < 4.78 is 8.28. The number of para-hydroxylation sites is 2. The van der Waals surface area contributed by atoms with Crippen molar-refractivity contribution < 1.29 is 4.74 Å². The second kappa shape index (κ2) is 8.58. The Hall–Kier alpha value is -2.86. The standard InChI is InChI=1S/C26H30N4OS/c1-17-16-20(18(2)29(17)19-10-4-5-11-19)25-24(21-12-8-9-15-27-21)28-26(32)30(25)22-13-6-7-14-23(22)31-3/h6-9,12-16,19,24-25H,4-5,10-11H2,1-3H3,(H,28,32)/t24-,25-/m1/s1. The van der Waals surface area contributed by atoms with Crippen molar-refractivity contribution in [2.24, 2.45) is 0 Å². The molecule has 0 bridgehead atoms. The molecular formula is C26H30N4OS. The van der Waals surface area contributed by atoms with Gasteiger partial charge in [0.15, 0.2) is 5.11 Å². The van der Waals surface area contributed by atoms with Gasteiger partial charge in [-0.2, -0.15) is 0 Å². The molecule has 0 radical (unpaired) electrons. The summed E-state index contributed by atoms with van der Waals surface area (Å²) in [6.45, 7) is 4.50. The fourth-order valence-electron chi connectivity index (χ4n) is 5.59. The normalized spacial score (nSPS) is 21.2. The number of aromatic nitrogens is 2. The van der Waals surface area contributed by atoms with Crippen LogP contribution in [-0.2, 0) is 0 Å². The maximum absolute atomic E-state index is 5.90. The molecule has 5 rings (SSSR count). The molecule has 5 nitrogen and oxygen atoms in total. The molecule has 1 aliphatic heterocycles. The monoisotopic (exact) mass is 446 g/mol. The van der Waals surface area contributed by atoms with E-state index in [1.165, 1.54) is 42.6 Å². The lowest BCUT2D eigenvalue weighted by Crippen LogP contribution is -2.30. The molecule has 2 aliphatic rings. The number of nitrogens with zero attached hydrogens (tertiary/aromatic N) is 3. The highest BCUT2D eigenvalue weighted by atomic mass is 32.1. The van der Waals surface area contributed by atoms with E-state index < -0.39 is 0 Å². The predicted molar refractivity (Wildman–Crippen MR) is 132 cm³/mol. The first-order valence-corrected chi connectivity index (χ1v) is 11.8. The lowest BCUT2D eigenvalue weighted by atomic mass is 9.96. The fraction of sp³-hybridized carbons (Fsp3) is 0.385. The van der Waals surface area contributed by atoms with Gasteiger partial charge in [0.2, 0.25) is 0 Å². The van der Waals surface area contributed by atoms with Crippen molar-refractivity contribution in [1.29, 1.82) is 0 Å². The molecule has 6 heteroatoms. The van der Waals surface area contributed by atoms with Crippen molar-refractivity contribution in [3.05, 3.63) is 77.4 Å². The number of rotatable bonds is 5. The highest BCUT2D eigenvalue weighted by Gasteiger charge is 2.43. The van der Waals surface area contributed by atoms with Gasteiger partial charge in [0.05, 0.1) is 30.6 Å². The molecule has 0 amide bonds. The molecule has 1 saturated carbocycles. The summed E-state index contributed by atoms with van der Waals surface area (Å²) in [5.74, 6) is 0.813. The van der Waals surface area contributed by atoms with Crippen LogP contribution in [0.3, 0.4) is 0 Å². The van der Waals surface area contributed by atoms with E-state index in [9.17, 15) is 0 Å². The van der Waals surface area contributed by atoms with Crippen LogP contribution in [-0.4, -0.2) is 21.8 Å². The van der Waals surface area contributed by atoms with Gasteiger partial charge in [0.1, 0.15) is 5.75 Å². The summed E-state index contributed by atoms with van der Waals surface area (Å²) in [7, 11) is 1.71. The largest absolute Gasteiger partial charge is 0.495 e. The number of thiocarbonyl (C=S) groups is 1. The van der Waals surface area contributed by atoms with E-state index in [0.717, 1.165) is 17.1 Å². The highest BCUT2D eigenvalue weighted by Crippen LogP contribution is 2.46. The van der Waals surface area contributed by atoms with Crippen LogP contribution in [0.4, 0.5) is 5.69 Å². The average Bonchev–Trinajstić information content (AvgIpc) is 3.52. The fourth-order valence-corrected chi connectivity index (χ4v) is 5.92. The minimum Gasteiger partial charge on any atom is -0.495 e. The number of aryl methyl sites for hydroxylation is 1. The minimum atomic E-state index is -0.0499. The number of benzene rings is 1. The zero-order valence-corrected chi connectivity index (χ0v) is 19.7. The van der Waals surface area contributed by atoms with E-state index in [1.807, 2.05) is 36.5 Å². The van der Waals surface area contributed by atoms with Crippen LogP contribution in [0.25, 0.3) is 0 Å². The summed E-state index contributed by atoms with van der Waals surface area (Å²) in [5, 5.41) is 4.27. The second-order valence-electron chi connectivity index (χ2n) is 8.80. The summed E-state index contributed by atoms with van der Waals surface area (Å²) >= 11 is 5.90. The average molecular weight is 447 g/mol. The maximum atomic E-state index is 5.90. The molecule has 1 N–H and O–H groups in total. The zero-order chi connectivity index (χ0) is 22.2. The highest BCUT2D eigenvalue weighted by molar-refractivity contribution is 7.80. The number of hydrogen-bond donors (Lipinski definition) is 1.